The molecule has 0 aliphatic carbocycles. The SMILES string of the molecule is CC(=O)NC(CC(=O)NCC(C)(C)N)c1ccc(C)cc1. The fraction of sp³-hybridized carbons (Fsp3) is 0.500. The first-order valence-corrected chi connectivity index (χ1v) is 7.06. The highest BCUT2D eigenvalue weighted by Crippen LogP contribution is 2.17. The minimum Gasteiger partial charge on any atom is -0.354 e. The second-order valence-corrected chi connectivity index (χ2v) is 6.13. The van der Waals surface area contributed by atoms with Crippen molar-refractivity contribution < 1.29 is 9.59 Å². The van der Waals surface area contributed by atoms with Crippen molar-refractivity contribution in [3.05, 3.63) is 35.4 Å². The Hall–Kier alpha value is -1.88. The van der Waals surface area contributed by atoms with Gasteiger partial charge in [-0.1, -0.05) is 29.8 Å². The first-order chi connectivity index (χ1) is 9.67. The Labute approximate surface area is 126 Å². The summed E-state index contributed by atoms with van der Waals surface area (Å²) < 4.78 is 0. The maximum Gasteiger partial charge on any atom is 0.222 e. The Morgan fingerprint density at radius 3 is 2.29 bits per heavy atom. The van der Waals surface area contributed by atoms with E-state index in [1.165, 1.54) is 6.92 Å². The molecule has 0 radical (unpaired) electrons. The number of nitrogens with two attached hydrogens (primary N) is 1. The van der Waals surface area contributed by atoms with Gasteiger partial charge in [0.15, 0.2) is 0 Å². The molecule has 1 unspecified atom stereocenters. The first kappa shape index (κ1) is 17.2. The number of aryl methyl sites for hydroxylation is 1. The molecular weight excluding hydrogens is 266 g/mol. The summed E-state index contributed by atoms with van der Waals surface area (Å²) in [7, 11) is 0. The summed E-state index contributed by atoms with van der Waals surface area (Å²) in [6, 6.07) is 7.45. The van der Waals surface area contributed by atoms with Crippen LogP contribution in [0.5, 0.6) is 0 Å². The van der Waals surface area contributed by atoms with E-state index in [4.69, 9.17) is 5.73 Å². The normalized spacial score (nSPS) is 12.6. The summed E-state index contributed by atoms with van der Waals surface area (Å²) >= 11 is 0. The van der Waals surface area contributed by atoms with Gasteiger partial charge in [0.25, 0.3) is 0 Å². The molecule has 0 saturated carbocycles. The molecule has 0 fully saturated rings. The van der Waals surface area contributed by atoms with E-state index in [-0.39, 0.29) is 24.3 Å². The molecule has 0 heterocycles. The van der Waals surface area contributed by atoms with Crippen LogP contribution in [0.25, 0.3) is 0 Å². The topological polar surface area (TPSA) is 84.2 Å². The van der Waals surface area contributed by atoms with Gasteiger partial charge in [-0.05, 0) is 26.3 Å². The van der Waals surface area contributed by atoms with E-state index in [1.807, 2.05) is 45.0 Å². The Kier molecular flexibility index (Phi) is 5.90. The standard InChI is InChI=1S/C16H25N3O2/c1-11-5-7-13(8-6-11)14(19-12(2)20)9-15(21)18-10-16(3,4)17/h5-8,14H,9-10,17H2,1-4H3,(H,18,21)(H,19,20). The van der Waals surface area contributed by atoms with Crippen LogP contribution in [-0.2, 0) is 9.59 Å². The highest BCUT2D eigenvalue weighted by atomic mass is 16.2. The molecule has 2 amide bonds. The molecule has 4 N–H and O–H groups in total. The number of hydrogen-bond donors (Lipinski definition) is 3. The molecule has 0 bridgehead atoms. The van der Waals surface area contributed by atoms with Crippen LogP contribution < -0.4 is 16.4 Å². The van der Waals surface area contributed by atoms with Crippen LogP contribution in [0, 0.1) is 6.92 Å². The van der Waals surface area contributed by atoms with Gasteiger partial charge in [-0.2, -0.15) is 0 Å². The Morgan fingerprint density at radius 1 is 1.24 bits per heavy atom. The second kappa shape index (κ2) is 7.22. The van der Waals surface area contributed by atoms with Gasteiger partial charge in [-0.3, -0.25) is 9.59 Å². The largest absolute Gasteiger partial charge is 0.354 e. The van der Waals surface area contributed by atoms with Crippen LogP contribution in [0.4, 0.5) is 0 Å². The quantitative estimate of drug-likeness (QED) is 0.741. The van der Waals surface area contributed by atoms with Crippen molar-refractivity contribution in [1.82, 2.24) is 10.6 Å². The van der Waals surface area contributed by atoms with Gasteiger partial charge in [0.05, 0.1) is 12.5 Å². The zero-order valence-corrected chi connectivity index (χ0v) is 13.2. The highest BCUT2D eigenvalue weighted by molar-refractivity contribution is 5.79. The van der Waals surface area contributed by atoms with Crippen LogP contribution in [0.15, 0.2) is 24.3 Å². The zero-order valence-electron chi connectivity index (χ0n) is 13.2. The van der Waals surface area contributed by atoms with E-state index in [2.05, 4.69) is 10.6 Å². The van der Waals surface area contributed by atoms with Crippen molar-refractivity contribution in [2.75, 3.05) is 6.54 Å². The van der Waals surface area contributed by atoms with Gasteiger partial charge in [-0.25, -0.2) is 0 Å². The Bertz CT molecular complexity index is 489. The third kappa shape index (κ3) is 6.90. The van der Waals surface area contributed by atoms with Gasteiger partial charge >= 0.3 is 0 Å². The van der Waals surface area contributed by atoms with Crippen molar-refractivity contribution in [2.45, 2.75) is 45.7 Å². The highest BCUT2D eigenvalue weighted by Gasteiger charge is 2.18. The molecule has 1 atom stereocenters. The third-order valence-electron chi connectivity index (χ3n) is 2.99. The molecular formula is C16H25N3O2. The van der Waals surface area contributed by atoms with E-state index in [9.17, 15) is 9.59 Å². The molecule has 0 aliphatic rings. The molecule has 0 spiro atoms. The summed E-state index contributed by atoms with van der Waals surface area (Å²) in [5, 5.41) is 5.60. The lowest BCUT2D eigenvalue weighted by molar-refractivity contribution is -0.123. The molecule has 1 rings (SSSR count). The average molecular weight is 291 g/mol. The molecule has 1 aromatic rings. The van der Waals surface area contributed by atoms with E-state index in [1.54, 1.807) is 0 Å². The van der Waals surface area contributed by atoms with Gasteiger partial charge in [0.1, 0.15) is 0 Å². The number of carbonyl (C=O) groups is 2. The molecule has 1 aromatic carbocycles. The number of rotatable bonds is 6. The van der Waals surface area contributed by atoms with Crippen molar-refractivity contribution in [1.29, 1.82) is 0 Å². The van der Waals surface area contributed by atoms with Gasteiger partial charge in [-0.15, -0.1) is 0 Å². The number of nitrogens with one attached hydrogen (secondary N) is 2. The first-order valence-electron chi connectivity index (χ1n) is 7.06. The van der Waals surface area contributed by atoms with E-state index in [0.29, 0.717) is 6.54 Å². The maximum atomic E-state index is 12.0. The van der Waals surface area contributed by atoms with Crippen molar-refractivity contribution in [3.8, 4) is 0 Å². The summed E-state index contributed by atoms with van der Waals surface area (Å²) in [5.41, 5.74) is 7.43. The summed E-state index contributed by atoms with van der Waals surface area (Å²) in [6.45, 7) is 7.53. The molecule has 0 aromatic heterocycles. The van der Waals surface area contributed by atoms with Crippen molar-refractivity contribution in [2.24, 2.45) is 5.73 Å². The van der Waals surface area contributed by atoms with Crippen LogP contribution in [0.1, 0.15) is 44.4 Å². The third-order valence-corrected chi connectivity index (χ3v) is 2.99. The van der Waals surface area contributed by atoms with Crippen molar-refractivity contribution >= 4 is 11.8 Å². The molecule has 0 aliphatic heterocycles. The maximum absolute atomic E-state index is 12.0. The summed E-state index contributed by atoms with van der Waals surface area (Å²) in [5.74, 6) is -0.291. The number of benzene rings is 1. The fourth-order valence-electron chi connectivity index (χ4n) is 1.88. The average Bonchev–Trinajstić information content (AvgIpc) is 2.35. The lowest BCUT2D eigenvalue weighted by atomic mass is 10.0. The minimum atomic E-state index is -0.455. The molecule has 21 heavy (non-hydrogen) atoms. The molecule has 0 saturated heterocycles. The van der Waals surface area contributed by atoms with E-state index >= 15 is 0 Å². The fourth-order valence-corrected chi connectivity index (χ4v) is 1.88. The van der Waals surface area contributed by atoms with Crippen LogP contribution in [0.3, 0.4) is 0 Å². The summed E-state index contributed by atoms with van der Waals surface area (Å²) in [4.78, 5) is 23.3. The molecule has 5 heteroatoms. The van der Waals surface area contributed by atoms with Crippen LogP contribution in [-0.4, -0.2) is 23.9 Å². The predicted octanol–water partition coefficient (Wildman–Crippen LogP) is 1.42. The Balaban J connectivity index is 2.72. The minimum absolute atomic E-state index is 0.132. The smallest absolute Gasteiger partial charge is 0.222 e. The van der Waals surface area contributed by atoms with Gasteiger partial charge in [0.2, 0.25) is 11.8 Å². The lowest BCUT2D eigenvalue weighted by Crippen LogP contribution is -2.45. The van der Waals surface area contributed by atoms with E-state index in [0.717, 1.165) is 11.1 Å². The molecule has 5 nitrogen and oxygen atoms in total. The predicted molar refractivity (Wildman–Crippen MR) is 83.6 cm³/mol. The van der Waals surface area contributed by atoms with Gasteiger partial charge < -0.3 is 16.4 Å². The number of carbonyl (C=O) groups excluding carboxylic acids is 2. The Morgan fingerprint density at radius 2 is 1.81 bits per heavy atom. The molecule has 116 valence electrons. The van der Waals surface area contributed by atoms with E-state index < -0.39 is 5.54 Å². The summed E-state index contributed by atoms with van der Waals surface area (Å²) in [6.07, 6.45) is 0.193. The monoisotopic (exact) mass is 291 g/mol. The number of hydrogen-bond acceptors (Lipinski definition) is 3. The zero-order chi connectivity index (χ0) is 16.0. The number of amides is 2. The van der Waals surface area contributed by atoms with Gasteiger partial charge in [0, 0.05) is 19.0 Å². The lowest BCUT2D eigenvalue weighted by Gasteiger charge is -2.21. The van der Waals surface area contributed by atoms with Crippen LogP contribution >= 0.6 is 0 Å². The van der Waals surface area contributed by atoms with Crippen molar-refractivity contribution in [3.63, 3.8) is 0 Å². The van der Waals surface area contributed by atoms with Crippen LogP contribution in [0.2, 0.25) is 0 Å². The second-order valence-electron chi connectivity index (χ2n) is 6.13.